The highest BCUT2D eigenvalue weighted by molar-refractivity contribution is 6.17. The number of benzene rings is 2. The average molecular weight is 418 g/mol. The van der Waals surface area contributed by atoms with Gasteiger partial charge in [0, 0.05) is 34.1 Å². The molecule has 1 aliphatic rings. The number of hydrogen-bond acceptors (Lipinski definition) is 3. The Morgan fingerprint density at radius 2 is 1.81 bits per heavy atom. The molecule has 1 aliphatic heterocycles. The smallest absolute Gasteiger partial charge is 0.339 e. The highest BCUT2D eigenvalue weighted by Gasteiger charge is 2.45. The lowest BCUT2D eigenvalue weighted by Gasteiger charge is -2.42. The first-order valence-electron chi connectivity index (χ1n) is 10.3. The van der Waals surface area contributed by atoms with Gasteiger partial charge in [-0.15, -0.1) is 0 Å². The number of aromatic hydroxyl groups is 1. The zero-order chi connectivity index (χ0) is 22.5. The monoisotopic (exact) mass is 418 g/mol. The van der Waals surface area contributed by atoms with Crippen LogP contribution in [0.25, 0.3) is 16.5 Å². The minimum Gasteiger partial charge on any atom is -0.508 e. The number of carbonyl (C=O) groups excluding carboxylic acids is 1. The van der Waals surface area contributed by atoms with Crippen molar-refractivity contribution in [1.82, 2.24) is 9.88 Å². The number of phenolic OH excluding ortho intramolecular Hbond substituents is 1. The molecule has 2 heterocycles. The van der Waals surface area contributed by atoms with Crippen LogP contribution in [0.5, 0.6) is 5.75 Å². The summed E-state index contributed by atoms with van der Waals surface area (Å²) in [6.45, 7) is 8.17. The van der Waals surface area contributed by atoms with Gasteiger partial charge >= 0.3 is 5.97 Å². The Bertz CT molecular complexity index is 1220. The molecule has 1 amide bonds. The van der Waals surface area contributed by atoms with Crippen LogP contribution in [-0.2, 0) is 10.2 Å². The fourth-order valence-corrected chi connectivity index (χ4v) is 5.08. The Morgan fingerprint density at radius 1 is 1.10 bits per heavy atom. The number of H-pyrrole nitrogens is 1. The molecule has 0 radical (unpaired) electrons. The Hall–Kier alpha value is -3.54. The second-order valence-electron chi connectivity index (χ2n) is 8.94. The van der Waals surface area contributed by atoms with Gasteiger partial charge in [0.05, 0.1) is 11.3 Å². The van der Waals surface area contributed by atoms with Gasteiger partial charge in [0.25, 0.3) is 5.91 Å². The number of fused-ring (bicyclic) bond motifs is 3. The number of rotatable bonds is 3. The lowest BCUT2D eigenvalue weighted by atomic mass is 9.71. The molecule has 31 heavy (non-hydrogen) atoms. The first kappa shape index (κ1) is 20.7. The van der Waals surface area contributed by atoms with Crippen LogP contribution in [0.15, 0.2) is 54.7 Å². The third-order valence-electron chi connectivity index (χ3n) is 6.12. The van der Waals surface area contributed by atoms with E-state index in [1.54, 1.807) is 12.1 Å². The van der Waals surface area contributed by atoms with Gasteiger partial charge in [0.1, 0.15) is 5.75 Å². The first-order chi connectivity index (χ1) is 14.6. The van der Waals surface area contributed by atoms with Crippen molar-refractivity contribution in [3.8, 4) is 5.75 Å². The molecule has 0 spiro atoms. The summed E-state index contributed by atoms with van der Waals surface area (Å²) >= 11 is 0. The molecule has 6 heteroatoms. The maximum atomic E-state index is 13.6. The number of para-hydroxylation sites is 1. The molecule has 4 rings (SSSR count). The minimum atomic E-state index is -1.11. The van der Waals surface area contributed by atoms with Gasteiger partial charge in [0.2, 0.25) is 0 Å². The number of nitrogens with zero attached hydrogens (tertiary/aromatic N) is 1. The standard InChI is InChI=1S/C25H26N2O4/c1-14(2)22-25(3,4)20-17-10-5-6-11-19(17)26-21(20)18(24(30)31)13-27(22)23(29)15-8-7-9-16(28)12-15/h5-14,22,26,28H,1-4H3,(H,30,31). The Balaban J connectivity index is 2.02. The van der Waals surface area contributed by atoms with Crippen LogP contribution in [0.4, 0.5) is 0 Å². The van der Waals surface area contributed by atoms with Crippen LogP contribution in [0.3, 0.4) is 0 Å². The van der Waals surface area contributed by atoms with Crippen molar-refractivity contribution in [3.05, 3.63) is 71.6 Å². The van der Waals surface area contributed by atoms with Gasteiger partial charge in [-0.25, -0.2) is 4.79 Å². The van der Waals surface area contributed by atoms with Crippen molar-refractivity contribution in [2.24, 2.45) is 5.92 Å². The highest BCUT2D eigenvalue weighted by atomic mass is 16.4. The third-order valence-corrected chi connectivity index (χ3v) is 6.12. The second kappa shape index (κ2) is 7.30. The maximum absolute atomic E-state index is 13.6. The predicted octanol–water partition coefficient (Wildman–Crippen LogP) is 4.76. The van der Waals surface area contributed by atoms with Crippen LogP contribution in [0.1, 0.15) is 49.3 Å². The number of phenols is 1. The number of amides is 1. The average Bonchev–Trinajstić information content (AvgIpc) is 3.05. The molecule has 3 N–H and O–H groups in total. The quantitative estimate of drug-likeness (QED) is 0.572. The molecule has 0 saturated carbocycles. The number of aromatic amines is 1. The van der Waals surface area contributed by atoms with Crippen molar-refractivity contribution in [3.63, 3.8) is 0 Å². The molecule has 1 unspecified atom stereocenters. The van der Waals surface area contributed by atoms with E-state index in [1.165, 1.54) is 23.2 Å². The summed E-state index contributed by atoms with van der Waals surface area (Å²) in [7, 11) is 0. The van der Waals surface area contributed by atoms with Gasteiger partial charge in [-0.1, -0.05) is 52.0 Å². The molecule has 2 aromatic carbocycles. The lowest BCUT2D eigenvalue weighted by Crippen LogP contribution is -2.50. The minimum absolute atomic E-state index is 0.0142. The molecule has 0 saturated heterocycles. The SMILES string of the molecule is CC(C)C1N(C(=O)c2cccc(O)c2)C=C(C(=O)O)c2[nH]c3ccccc3c2C1(C)C. The highest BCUT2D eigenvalue weighted by Crippen LogP contribution is 2.45. The normalized spacial score (nSPS) is 17.9. The molecule has 6 nitrogen and oxygen atoms in total. The molecule has 3 aromatic rings. The zero-order valence-corrected chi connectivity index (χ0v) is 18.0. The van der Waals surface area contributed by atoms with Gasteiger partial charge in [-0.3, -0.25) is 4.79 Å². The van der Waals surface area contributed by atoms with Crippen molar-refractivity contribution in [1.29, 1.82) is 0 Å². The van der Waals surface area contributed by atoms with Crippen molar-refractivity contribution < 1.29 is 19.8 Å². The van der Waals surface area contributed by atoms with E-state index in [2.05, 4.69) is 18.8 Å². The second-order valence-corrected chi connectivity index (χ2v) is 8.94. The summed E-state index contributed by atoms with van der Waals surface area (Å²) in [5, 5.41) is 20.9. The molecule has 0 fully saturated rings. The molecule has 0 aliphatic carbocycles. The number of aromatic nitrogens is 1. The van der Waals surface area contributed by atoms with Crippen LogP contribution in [0.2, 0.25) is 0 Å². The maximum Gasteiger partial charge on any atom is 0.339 e. The van der Waals surface area contributed by atoms with Crippen molar-refractivity contribution >= 4 is 28.4 Å². The number of carbonyl (C=O) groups is 2. The summed E-state index contributed by atoms with van der Waals surface area (Å²) in [4.78, 5) is 30.7. The molecular formula is C25H26N2O4. The van der Waals surface area contributed by atoms with Gasteiger partial charge in [0.15, 0.2) is 0 Å². The number of carboxylic acid groups (broad SMARTS) is 1. The van der Waals surface area contributed by atoms with Crippen molar-refractivity contribution in [2.75, 3.05) is 0 Å². The zero-order valence-electron chi connectivity index (χ0n) is 18.0. The summed E-state index contributed by atoms with van der Waals surface area (Å²) in [5.41, 5.74) is 2.05. The number of carboxylic acids is 1. The molecule has 1 atom stereocenters. The van der Waals surface area contributed by atoms with Crippen LogP contribution >= 0.6 is 0 Å². The van der Waals surface area contributed by atoms with Crippen LogP contribution < -0.4 is 0 Å². The van der Waals surface area contributed by atoms with Gasteiger partial charge < -0.3 is 20.1 Å². The van der Waals surface area contributed by atoms with Crippen LogP contribution in [0, 0.1) is 5.92 Å². The number of nitrogens with one attached hydrogen (secondary N) is 1. The summed E-state index contributed by atoms with van der Waals surface area (Å²) < 4.78 is 0. The number of aliphatic carboxylic acids is 1. The van der Waals surface area contributed by atoms with E-state index in [-0.39, 0.29) is 29.2 Å². The van der Waals surface area contributed by atoms with E-state index in [9.17, 15) is 19.8 Å². The summed E-state index contributed by atoms with van der Waals surface area (Å²) in [6, 6.07) is 13.6. The fraction of sp³-hybridized carbons (Fsp3) is 0.280. The van der Waals surface area contributed by atoms with Gasteiger partial charge in [-0.2, -0.15) is 0 Å². The van der Waals surface area contributed by atoms with E-state index < -0.39 is 11.4 Å². The summed E-state index contributed by atoms with van der Waals surface area (Å²) in [5.74, 6) is -1.44. The topological polar surface area (TPSA) is 93.6 Å². The molecule has 1 aromatic heterocycles. The largest absolute Gasteiger partial charge is 0.508 e. The first-order valence-corrected chi connectivity index (χ1v) is 10.3. The Labute approximate surface area is 180 Å². The van der Waals surface area contributed by atoms with E-state index >= 15 is 0 Å². The Morgan fingerprint density at radius 3 is 2.45 bits per heavy atom. The van der Waals surface area contributed by atoms with Gasteiger partial charge in [-0.05, 0) is 35.7 Å². The van der Waals surface area contributed by atoms with Crippen molar-refractivity contribution in [2.45, 2.75) is 39.2 Å². The lowest BCUT2D eigenvalue weighted by molar-refractivity contribution is -0.130. The molecule has 0 bridgehead atoms. The molecule has 160 valence electrons. The third kappa shape index (κ3) is 3.28. The van der Waals surface area contributed by atoms with E-state index in [4.69, 9.17) is 0 Å². The Kier molecular flexibility index (Phi) is 4.88. The fourth-order valence-electron chi connectivity index (χ4n) is 5.08. The van der Waals surface area contributed by atoms with Crippen LogP contribution in [-0.4, -0.2) is 38.0 Å². The van der Waals surface area contributed by atoms with E-state index in [1.807, 2.05) is 38.1 Å². The predicted molar refractivity (Wildman–Crippen MR) is 120 cm³/mol. The number of hydrogen-bond donors (Lipinski definition) is 3. The molecular weight excluding hydrogens is 392 g/mol. The van der Waals surface area contributed by atoms with E-state index in [0.29, 0.717) is 11.3 Å². The summed E-state index contributed by atoms with van der Waals surface area (Å²) in [6.07, 6.45) is 1.45. The van der Waals surface area contributed by atoms with E-state index in [0.717, 1.165) is 16.5 Å².